The van der Waals surface area contributed by atoms with Gasteiger partial charge in [0.15, 0.2) is 0 Å². The minimum absolute atomic E-state index is 0.0133. The second-order valence-corrected chi connectivity index (χ2v) is 5.96. The standard InChI is InChI=1S/C18H20FN5O2/c1-2-10-20-16(25)5-3-4-15-21-22-17-18(26)23(11-12-24(15)17)14-8-6-13(19)7-9-14/h6-9,11-12H,2-5,10H2,1H3,(H,20,25). The number of nitrogens with one attached hydrogen (secondary N) is 1. The maximum atomic E-state index is 13.1. The lowest BCUT2D eigenvalue weighted by Gasteiger charge is -2.06. The van der Waals surface area contributed by atoms with Crippen molar-refractivity contribution < 1.29 is 9.18 Å². The second kappa shape index (κ2) is 7.90. The maximum absolute atomic E-state index is 13.1. The lowest BCUT2D eigenvalue weighted by molar-refractivity contribution is -0.121. The highest BCUT2D eigenvalue weighted by Gasteiger charge is 2.12. The van der Waals surface area contributed by atoms with Crippen molar-refractivity contribution in [1.82, 2.24) is 24.5 Å². The third-order valence-corrected chi connectivity index (χ3v) is 4.02. The molecule has 2 heterocycles. The molecule has 0 unspecified atom stereocenters. The maximum Gasteiger partial charge on any atom is 0.300 e. The number of aryl methyl sites for hydroxylation is 1. The monoisotopic (exact) mass is 357 g/mol. The summed E-state index contributed by atoms with van der Waals surface area (Å²) in [5.74, 6) is 0.279. The van der Waals surface area contributed by atoms with E-state index in [0.717, 1.165) is 6.42 Å². The Bertz CT molecular complexity index is 962. The van der Waals surface area contributed by atoms with Gasteiger partial charge in [-0.1, -0.05) is 6.92 Å². The number of carbonyl (C=O) groups excluding carboxylic acids is 1. The molecule has 26 heavy (non-hydrogen) atoms. The number of amides is 1. The first-order valence-electron chi connectivity index (χ1n) is 8.58. The molecule has 0 spiro atoms. The number of hydrogen-bond donors (Lipinski definition) is 1. The molecular weight excluding hydrogens is 337 g/mol. The highest BCUT2D eigenvalue weighted by Crippen LogP contribution is 2.09. The minimum atomic E-state index is -0.365. The molecule has 1 N–H and O–H groups in total. The molecule has 0 aliphatic heterocycles. The predicted octanol–water partition coefficient (Wildman–Crippen LogP) is 1.87. The molecule has 0 aliphatic carbocycles. The van der Waals surface area contributed by atoms with Gasteiger partial charge in [0.05, 0.1) is 0 Å². The summed E-state index contributed by atoms with van der Waals surface area (Å²) >= 11 is 0. The molecule has 0 radical (unpaired) electrons. The van der Waals surface area contributed by atoms with Crippen LogP contribution in [0.4, 0.5) is 4.39 Å². The Morgan fingerprint density at radius 3 is 2.69 bits per heavy atom. The van der Waals surface area contributed by atoms with Crippen molar-refractivity contribution in [2.75, 3.05) is 6.54 Å². The molecule has 3 aromatic rings. The molecule has 3 rings (SSSR count). The summed E-state index contributed by atoms with van der Waals surface area (Å²) in [7, 11) is 0. The van der Waals surface area contributed by atoms with Gasteiger partial charge in [-0.3, -0.25) is 18.6 Å². The Hall–Kier alpha value is -3.03. The van der Waals surface area contributed by atoms with E-state index in [1.165, 1.54) is 28.8 Å². The average Bonchev–Trinajstić information content (AvgIpc) is 3.05. The summed E-state index contributed by atoms with van der Waals surface area (Å²) in [6, 6.07) is 5.65. The number of fused-ring (bicyclic) bond motifs is 1. The molecule has 7 nitrogen and oxygen atoms in total. The Labute approximate surface area is 149 Å². The molecule has 0 atom stereocenters. The molecule has 0 bridgehead atoms. The van der Waals surface area contributed by atoms with E-state index in [9.17, 15) is 14.0 Å². The van der Waals surface area contributed by atoms with Crippen molar-refractivity contribution in [3.05, 3.63) is 58.7 Å². The van der Waals surface area contributed by atoms with E-state index in [1.807, 2.05) is 6.92 Å². The van der Waals surface area contributed by atoms with Gasteiger partial charge in [-0.2, -0.15) is 0 Å². The Morgan fingerprint density at radius 2 is 1.96 bits per heavy atom. The Morgan fingerprint density at radius 1 is 1.19 bits per heavy atom. The van der Waals surface area contributed by atoms with Crippen LogP contribution in [0.3, 0.4) is 0 Å². The van der Waals surface area contributed by atoms with Crippen LogP contribution in [0.2, 0.25) is 0 Å². The number of hydrogen-bond acceptors (Lipinski definition) is 4. The van der Waals surface area contributed by atoms with Crippen molar-refractivity contribution in [3.63, 3.8) is 0 Å². The van der Waals surface area contributed by atoms with Crippen molar-refractivity contribution in [3.8, 4) is 5.69 Å². The summed E-state index contributed by atoms with van der Waals surface area (Å²) in [5, 5.41) is 10.9. The zero-order valence-corrected chi connectivity index (χ0v) is 14.5. The minimum Gasteiger partial charge on any atom is -0.356 e. The third kappa shape index (κ3) is 3.79. The summed E-state index contributed by atoms with van der Waals surface area (Å²) in [5.41, 5.74) is 0.414. The number of rotatable bonds is 7. The normalized spacial score (nSPS) is 11.0. The van der Waals surface area contributed by atoms with Crippen LogP contribution in [-0.2, 0) is 11.2 Å². The fourth-order valence-corrected chi connectivity index (χ4v) is 2.67. The number of aromatic nitrogens is 4. The van der Waals surface area contributed by atoms with Crippen molar-refractivity contribution in [2.24, 2.45) is 0 Å². The van der Waals surface area contributed by atoms with Crippen LogP contribution >= 0.6 is 0 Å². The molecule has 1 amide bonds. The van der Waals surface area contributed by atoms with Gasteiger partial charge in [0.25, 0.3) is 0 Å². The van der Waals surface area contributed by atoms with E-state index >= 15 is 0 Å². The summed E-state index contributed by atoms with van der Waals surface area (Å²) in [6.45, 7) is 2.68. The average molecular weight is 357 g/mol. The largest absolute Gasteiger partial charge is 0.356 e. The van der Waals surface area contributed by atoms with Crippen LogP contribution in [0.5, 0.6) is 0 Å². The third-order valence-electron chi connectivity index (χ3n) is 4.02. The first-order chi connectivity index (χ1) is 12.6. The quantitative estimate of drug-likeness (QED) is 0.700. The van der Waals surface area contributed by atoms with Crippen LogP contribution in [0.1, 0.15) is 32.0 Å². The fourth-order valence-electron chi connectivity index (χ4n) is 2.67. The first kappa shape index (κ1) is 17.8. The zero-order chi connectivity index (χ0) is 18.5. The summed E-state index contributed by atoms with van der Waals surface area (Å²) in [4.78, 5) is 24.2. The number of nitrogens with zero attached hydrogens (tertiary/aromatic N) is 4. The molecule has 0 fully saturated rings. The molecule has 0 saturated heterocycles. The van der Waals surface area contributed by atoms with Gasteiger partial charge in [0.1, 0.15) is 11.6 Å². The summed E-state index contributed by atoms with van der Waals surface area (Å²) in [6.07, 6.45) is 5.77. The van der Waals surface area contributed by atoms with E-state index in [-0.39, 0.29) is 22.9 Å². The van der Waals surface area contributed by atoms with E-state index in [4.69, 9.17) is 0 Å². The van der Waals surface area contributed by atoms with Gasteiger partial charge < -0.3 is 5.32 Å². The highest BCUT2D eigenvalue weighted by molar-refractivity contribution is 5.75. The smallest absolute Gasteiger partial charge is 0.300 e. The molecule has 2 aromatic heterocycles. The van der Waals surface area contributed by atoms with Crippen molar-refractivity contribution in [1.29, 1.82) is 0 Å². The van der Waals surface area contributed by atoms with E-state index < -0.39 is 0 Å². The van der Waals surface area contributed by atoms with Crippen molar-refractivity contribution >= 4 is 11.6 Å². The van der Waals surface area contributed by atoms with E-state index in [0.29, 0.717) is 37.3 Å². The topological polar surface area (TPSA) is 81.3 Å². The Balaban J connectivity index is 1.76. The molecular formula is C18H20FN5O2. The summed E-state index contributed by atoms with van der Waals surface area (Å²) < 4.78 is 16.1. The number of benzene rings is 1. The molecule has 0 saturated carbocycles. The van der Waals surface area contributed by atoms with Crippen LogP contribution in [-0.4, -0.2) is 31.6 Å². The zero-order valence-electron chi connectivity index (χ0n) is 14.5. The first-order valence-corrected chi connectivity index (χ1v) is 8.58. The SMILES string of the molecule is CCCNC(=O)CCCc1nnc2c(=O)n(-c3ccc(F)cc3)ccn12. The van der Waals surface area contributed by atoms with Crippen molar-refractivity contribution in [2.45, 2.75) is 32.6 Å². The van der Waals surface area contributed by atoms with Crippen LogP contribution < -0.4 is 10.9 Å². The molecule has 8 heteroatoms. The van der Waals surface area contributed by atoms with Gasteiger partial charge in [0, 0.05) is 37.5 Å². The number of halogens is 1. The van der Waals surface area contributed by atoms with E-state index in [1.54, 1.807) is 16.8 Å². The number of carbonyl (C=O) groups is 1. The van der Waals surface area contributed by atoms with Gasteiger partial charge in [-0.15, -0.1) is 10.2 Å². The van der Waals surface area contributed by atoms with Gasteiger partial charge in [-0.25, -0.2) is 4.39 Å². The van der Waals surface area contributed by atoms with Gasteiger partial charge >= 0.3 is 5.56 Å². The Kier molecular flexibility index (Phi) is 5.40. The molecule has 1 aromatic carbocycles. The predicted molar refractivity (Wildman–Crippen MR) is 94.8 cm³/mol. The fraction of sp³-hybridized carbons (Fsp3) is 0.333. The van der Waals surface area contributed by atoms with E-state index in [2.05, 4.69) is 15.5 Å². The van der Waals surface area contributed by atoms with Gasteiger partial charge in [-0.05, 0) is 37.1 Å². The second-order valence-electron chi connectivity index (χ2n) is 5.96. The van der Waals surface area contributed by atoms with Crippen LogP contribution in [0.25, 0.3) is 11.3 Å². The van der Waals surface area contributed by atoms with Crippen LogP contribution in [0.15, 0.2) is 41.5 Å². The molecule has 136 valence electrons. The lowest BCUT2D eigenvalue weighted by atomic mass is 10.2. The lowest BCUT2D eigenvalue weighted by Crippen LogP contribution is -2.23. The highest BCUT2D eigenvalue weighted by atomic mass is 19.1. The van der Waals surface area contributed by atoms with Crippen LogP contribution in [0, 0.1) is 5.82 Å². The molecule has 0 aliphatic rings. The van der Waals surface area contributed by atoms with Gasteiger partial charge in [0.2, 0.25) is 11.6 Å².